The molecular weight excluding hydrogens is 254 g/mol. The highest BCUT2D eigenvalue weighted by atomic mass is 16.5. The monoisotopic (exact) mass is 275 g/mol. The predicted molar refractivity (Wildman–Crippen MR) is 80.0 cm³/mol. The lowest BCUT2D eigenvalue weighted by Gasteiger charge is -2.07. The van der Waals surface area contributed by atoms with E-state index in [1.807, 2.05) is 24.3 Å². The number of aromatic nitrogens is 2. The van der Waals surface area contributed by atoms with E-state index in [9.17, 15) is 4.79 Å². The molecule has 108 valence electrons. The van der Waals surface area contributed by atoms with Crippen molar-refractivity contribution >= 4 is 10.9 Å². The standard InChI is InChI=1S/C15H21N3O2/c1-20-11-9-16-8-4-5-10-18-12-17-14-7-3-2-6-13(14)15(18)19/h2-3,6-7,12,16H,4-5,8-11H2,1H3. The predicted octanol–water partition coefficient (Wildman–Crippen LogP) is 1.41. The Morgan fingerprint density at radius 3 is 2.95 bits per heavy atom. The first-order valence-electron chi connectivity index (χ1n) is 6.97. The summed E-state index contributed by atoms with van der Waals surface area (Å²) in [6, 6.07) is 7.45. The van der Waals surface area contributed by atoms with Crippen LogP contribution in [0.1, 0.15) is 12.8 Å². The average Bonchev–Trinajstić information content (AvgIpc) is 2.49. The van der Waals surface area contributed by atoms with Crippen LogP contribution in [0.2, 0.25) is 0 Å². The van der Waals surface area contributed by atoms with Crippen molar-refractivity contribution in [3.8, 4) is 0 Å². The van der Waals surface area contributed by atoms with E-state index >= 15 is 0 Å². The van der Waals surface area contributed by atoms with Gasteiger partial charge in [0.1, 0.15) is 0 Å². The van der Waals surface area contributed by atoms with Gasteiger partial charge in [0.2, 0.25) is 0 Å². The van der Waals surface area contributed by atoms with Crippen molar-refractivity contribution in [2.24, 2.45) is 0 Å². The second kappa shape index (κ2) is 7.77. The third-order valence-electron chi connectivity index (χ3n) is 3.22. The molecule has 1 heterocycles. The van der Waals surface area contributed by atoms with E-state index in [0.717, 1.165) is 38.1 Å². The first-order chi connectivity index (χ1) is 9.83. The molecular formula is C15H21N3O2. The number of hydrogen-bond donors (Lipinski definition) is 1. The van der Waals surface area contributed by atoms with Gasteiger partial charge in [-0.3, -0.25) is 9.36 Å². The maximum absolute atomic E-state index is 12.2. The van der Waals surface area contributed by atoms with E-state index < -0.39 is 0 Å². The summed E-state index contributed by atoms with van der Waals surface area (Å²) in [4.78, 5) is 16.5. The molecule has 0 spiro atoms. The normalized spacial score (nSPS) is 11.1. The van der Waals surface area contributed by atoms with E-state index in [2.05, 4.69) is 10.3 Å². The molecule has 0 fully saturated rings. The Morgan fingerprint density at radius 2 is 2.10 bits per heavy atom. The summed E-state index contributed by atoms with van der Waals surface area (Å²) in [5, 5.41) is 3.98. The van der Waals surface area contributed by atoms with Gasteiger partial charge in [0.05, 0.1) is 23.8 Å². The molecule has 1 N–H and O–H groups in total. The maximum atomic E-state index is 12.2. The van der Waals surface area contributed by atoms with Crippen molar-refractivity contribution in [3.63, 3.8) is 0 Å². The lowest BCUT2D eigenvalue weighted by Crippen LogP contribution is -2.23. The summed E-state index contributed by atoms with van der Waals surface area (Å²) in [6.07, 6.45) is 3.63. The molecule has 20 heavy (non-hydrogen) atoms. The Bertz CT molecular complexity index is 595. The van der Waals surface area contributed by atoms with Crippen LogP contribution in [0.25, 0.3) is 10.9 Å². The van der Waals surface area contributed by atoms with E-state index in [-0.39, 0.29) is 5.56 Å². The van der Waals surface area contributed by atoms with E-state index in [0.29, 0.717) is 11.9 Å². The molecule has 2 aromatic rings. The number of para-hydroxylation sites is 1. The Balaban J connectivity index is 1.84. The van der Waals surface area contributed by atoms with Gasteiger partial charge >= 0.3 is 0 Å². The van der Waals surface area contributed by atoms with Crippen LogP contribution in [-0.2, 0) is 11.3 Å². The molecule has 1 aromatic carbocycles. The summed E-state index contributed by atoms with van der Waals surface area (Å²) < 4.78 is 6.65. The average molecular weight is 275 g/mol. The number of nitrogens with one attached hydrogen (secondary N) is 1. The number of benzene rings is 1. The quantitative estimate of drug-likeness (QED) is 0.740. The third-order valence-corrected chi connectivity index (χ3v) is 3.22. The summed E-state index contributed by atoms with van der Waals surface area (Å²) in [6.45, 7) is 3.25. The SMILES string of the molecule is COCCNCCCCn1cnc2ccccc2c1=O. The first kappa shape index (κ1) is 14.7. The minimum atomic E-state index is 0.0444. The number of aryl methyl sites for hydroxylation is 1. The van der Waals surface area contributed by atoms with Crippen LogP contribution >= 0.6 is 0 Å². The van der Waals surface area contributed by atoms with Gasteiger partial charge in [-0.15, -0.1) is 0 Å². The molecule has 0 atom stereocenters. The van der Waals surface area contributed by atoms with Crippen LogP contribution in [0.5, 0.6) is 0 Å². The number of hydrogen-bond acceptors (Lipinski definition) is 4. The molecule has 5 heteroatoms. The van der Waals surface area contributed by atoms with Gasteiger partial charge in [0, 0.05) is 20.2 Å². The number of rotatable bonds is 8. The lowest BCUT2D eigenvalue weighted by molar-refractivity contribution is 0.199. The molecule has 0 unspecified atom stereocenters. The topological polar surface area (TPSA) is 56.1 Å². The zero-order chi connectivity index (χ0) is 14.2. The number of ether oxygens (including phenoxy) is 1. The molecule has 0 saturated carbocycles. The maximum Gasteiger partial charge on any atom is 0.261 e. The highest BCUT2D eigenvalue weighted by molar-refractivity contribution is 5.76. The van der Waals surface area contributed by atoms with E-state index in [1.165, 1.54) is 0 Å². The van der Waals surface area contributed by atoms with Crippen molar-refractivity contribution in [1.82, 2.24) is 14.9 Å². The molecule has 0 aliphatic rings. The van der Waals surface area contributed by atoms with Crippen molar-refractivity contribution in [3.05, 3.63) is 40.9 Å². The van der Waals surface area contributed by atoms with Crippen LogP contribution in [0.3, 0.4) is 0 Å². The molecule has 0 aliphatic carbocycles. The largest absolute Gasteiger partial charge is 0.383 e. The fourth-order valence-electron chi connectivity index (χ4n) is 2.10. The number of nitrogens with zero attached hydrogens (tertiary/aromatic N) is 2. The van der Waals surface area contributed by atoms with Crippen LogP contribution in [0, 0.1) is 0 Å². The zero-order valence-electron chi connectivity index (χ0n) is 11.8. The van der Waals surface area contributed by atoms with Crippen LogP contribution in [0.15, 0.2) is 35.4 Å². The highest BCUT2D eigenvalue weighted by Crippen LogP contribution is 2.05. The van der Waals surface area contributed by atoms with E-state index in [4.69, 9.17) is 4.74 Å². The van der Waals surface area contributed by atoms with Gasteiger partial charge < -0.3 is 10.1 Å². The minimum absolute atomic E-state index is 0.0444. The fourth-order valence-corrected chi connectivity index (χ4v) is 2.10. The smallest absolute Gasteiger partial charge is 0.261 e. The second-order valence-corrected chi connectivity index (χ2v) is 4.71. The van der Waals surface area contributed by atoms with Crippen molar-refractivity contribution in [2.75, 3.05) is 26.8 Å². The first-order valence-corrected chi connectivity index (χ1v) is 6.97. The molecule has 2 rings (SSSR count). The van der Waals surface area contributed by atoms with Gasteiger partial charge in [0.15, 0.2) is 0 Å². The van der Waals surface area contributed by atoms with Crippen LogP contribution < -0.4 is 10.9 Å². The Kier molecular flexibility index (Phi) is 5.70. The molecule has 0 radical (unpaired) electrons. The third kappa shape index (κ3) is 3.88. The van der Waals surface area contributed by atoms with Gasteiger partial charge in [0.25, 0.3) is 5.56 Å². The molecule has 1 aromatic heterocycles. The van der Waals surface area contributed by atoms with Gasteiger partial charge in [-0.2, -0.15) is 0 Å². The summed E-state index contributed by atoms with van der Waals surface area (Å²) in [5.41, 5.74) is 0.804. The second-order valence-electron chi connectivity index (χ2n) is 4.71. The van der Waals surface area contributed by atoms with Crippen molar-refractivity contribution in [1.29, 1.82) is 0 Å². The zero-order valence-corrected chi connectivity index (χ0v) is 11.8. The van der Waals surface area contributed by atoms with Gasteiger partial charge in [-0.05, 0) is 31.5 Å². The van der Waals surface area contributed by atoms with E-state index in [1.54, 1.807) is 18.0 Å². The lowest BCUT2D eigenvalue weighted by atomic mass is 10.2. The molecule has 0 amide bonds. The number of methoxy groups -OCH3 is 1. The Morgan fingerprint density at radius 1 is 1.25 bits per heavy atom. The summed E-state index contributed by atoms with van der Waals surface area (Å²) >= 11 is 0. The molecule has 0 saturated heterocycles. The van der Waals surface area contributed by atoms with Crippen molar-refractivity contribution in [2.45, 2.75) is 19.4 Å². The summed E-state index contributed by atoms with van der Waals surface area (Å²) in [7, 11) is 1.70. The highest BCUT2D eigenvalue weighted by Gasteiger charge is 2.02. The summed E-state index contributed by atoms with van der Waals surface area (Å²) in [5.74, 6) is 0. The molecule has 0 bridgehead atoms. The van der Waals surface area contributed by atoms with Gasteiger partial charge in [-0.25, -0.2) is 4.98 Å². The van der Waals surface area contributed by atoms with Crippen molar-refractivity contribution < 1.29 is 4.74 Å². The minimum Gasteiger partial charge on any atom is -0.383 e. The van der Waals surface area contributed by atoms with Crippen LogP contribution in [0.4, 0.5) is 0 Å². The van der Waals surface area contributed by atoms with Crippen LogP contribution in [-0.4, -0.2) is 36.4 Å². The Labute approximate surface area is 118 Å². The number of fused-ring (bicyclic) bond motifs is 1. The number of unbranched alkanes of at least 4 members (excludes halogenated alkanes) is 1. The van der Waals surface area contributed by atoms with Gasteiger partial charge in [-0.1, -0.05) is 12.1 Å². The molecule has 5 nitrogen and oxygen atoms in total. The Hall–Kier alpha value is -1.72. The fraction of sp³-hybridized carbons (Fsp3) is 0.467. The molecule has 0 aliphatic heterocycles.